The summed E-state index contributed by atoms with van der Waals surface area (Å²) < 4.78 is 5.95. The van der Waals surface area contributed by atoms with Crippen molar-refractivity contribution in [3.8, 4) is 0 Å². The maximum atomic E-state index is 13.2. The van der Waals surface area contributed by atoms with Crippen LogP contribution in [0.3, 0.4) is 0 Å². The maximum Gasteiger partial charge on any atom is 0.309 e. The van der Waals surface area contributed by atoms with Crippen LogP contribution in [0.2, 0.25) is 0 Å². The zero-order valence-corrected chi connectivity index (χ0v) is 23.2. The van der Waals surface area contributed by atoms with Crippen LogP contribution in [0.25, 0.3) is 6.08 Å². The van der Waals surface area contributed by atoms with E-state index >= 15 is 0 Å². The molecule has 1 aliphatic heterocycles. The fraction of sp³-hybridized carbons (Fsp3) is 0.750. The summed E-state index contributed by atoms with van der Waals surface area (Å²) in [7, 11) is 0. The zero-order chi connectivity index (χ0) is 26.1. The smallest absolute Gasteiger partial charge is 0.309 e. The van der Waals surface area contributed by atoms with Gasteiger partial charge < -0.3 is 14.9 Å². The molecule has 7 heteroatoms. The van der Waals surface area contributed by atoms with Crippen molar-refractivity contribution in [2.75, 3.05) is 0 Å². The van der Waals surface area contributed by atoms with Crippen LogP contribution >= 0.6 is 11.3 Å². The van der Waals surface area contributed by atoms with Crippen molar-refractivity contribution in [2.24, 2.45) is 28.6 Å². The van der Waals surface area contributed by atoms with Crippen LogP contribution in [0.1, 0.15) is 90.8 Å². The van der Waals surface area contributed by atoms with Crippen molar-refractivity contribution in [2.45, 2.75) is 105 Å². The highest BCUT2D eigenvalue weighted by Gasteiger charge is 2.50. The largest absolute Gasteiger partial charge is 0.458 e. The summed E-state index contributed by atoms with van der Waals surface area (Å²) in [6.07, 6.45) is 4.06. The van der Waals surface area contributed by atoms with E-state index in [2.05, 4.69) is 11.9 Å². The first kappa shape index (κ1) is 28.0. The van der Waals surface area contributed by atoms with Crippen LogP contribution in [-0.4, -0.2) is 45.3 Å². The second-order valence-electron chi connectivity index (χ2n) is 11.9. The molecule has 0 spiro atoms. The minimum Gasteiger partial charge on any atom is -0.458 e. The van der Waals surface area contributed by atoms with Crippen molar-refractivity contribution < 1.29 is 24.5 Å². The third-order valence-electron chi connectivity index (χ3n) is 8.58. The molecule has 1 aromatic heterocycles. The lowest BCUT2D eigenvalue weighted by Gasteiger charge is -2.34. The summed E-state index contributed by atoms with van der Waals surface area (Å²) in [5, 5.41) is 24.7. The van der Waals surface area contributed by atoms with Gasteiger partial charge in [-0.15, -0.1) is 11.3 Å². The molecule has 2 heterocycles. The number of hydrogen-bond acceptors (Lipinski definition) is 7. The molecular formula is C28H43NO5S. The SMILES string of the molecule is C/C(=C\c1csc(C)n1)[C@@H]1C[C@@H]2C[C@@]2(C)CCC[C@H](C)[C@H](O)[C@@H](C)C(=O)C(C)(C)[C@@H](O)CC(=O)O1. The number of cyclic esters (lactones) is 1. The van der Waals surface area contributed by atoms with Crippen molar-refractivity contribution in [1.29, 1.82) is 0 Å². The molecule has 0 radical (unpaired) electrons. The molecule has 2 N–H and O–H groups in total. The number of aliphatic hydroxyl groups is 2. The number of carbonyl (C=O) groups excluding carboxylic acids is 2. The number of esters is 1. The molecule has 1 aromatic rings. The van der Waals surface area contributed by atoms with E-state index in [9.17, 15) is 19.8 Å². The number of aromatic nitrogens is 1. The van der Waals surface area contributed by atoms with Gasteiger partial charge in [-0.2, -0.15) is 0 Å². The lowest BCUT2D eigenvalue weighted by Crippen LogP contribution is -2.45. The second-order valence-corrected chi connectivity index (χ2v) is 13.0. The van der Waals surface area contributed by atoms with E-state index in [0.29, 0.717) is 5.92 Å². The number of Topliss-reactive ketones (excluding diaryl/α,β-unsaturated/α-hetero) is 1. The van der Waals surface area contributed by atoms with Gasteiger partial charge in [-0.3, -0.25) is 9.59 Å². The molecule has 0 bridgehead atoms. The Morgan fingerprint density at radius 1 is 1.23 bits per heavy atom. The fourth-order valence-corrected chi connectivity index (χ4v) is 6.12. The van der Waals surface area contributed by atoms with Gasteiger partial charge in [0.2, 0.25) is 0 Å². The number of ketones is 1. The summed E-state index contributed by atoms with van der Waals surface area (Å²) in [6, 6.07) is 0. The van der Waals surface area contributed by atoms with Crippen molar-refractivity contribution in [3.05, 3.63) is 21.7 Å². The van der Waals surface area contributed by atoms with E-state index in [1.54, 1.807) is 32.1 Å². The third-order valence-corrected chi connectivity index (χ3v) is 9.37. The quantitative estimate of drug-likeness (QED) is 0.526. The normalized spacial score (nSPS) is 37.5. The maximum absolute atomic E-state index is 13.2. The average Bonchev–Trinajstić information content (AvgIpc) is 3.22. The Balaban J connectivity index is 1.85. The highest BCUT2D eigenvalue weighted by atomic mass is 32.1. The number of ether oxygens (including phenoxy) is 1. The number of thiazole rings is 1. The fourth-order valence-electron chi connectivity index (χ4n) is 5.55. The minimum atomic E-state index is -1.20. The molecule has 0 amide bonds. The lowest BCUT2D eigenvalue weighted by molar-refractivity contribution is -0.154. The standard InChI is InChI=1S/C28H43NO5S/c1-16-9-8-10-28(7)14-20(28)12-22(17(2)11-21-15-35-19(4)29-21)34-24(31)13-23(30)27(5,6)26(33)18(3)25(16)32/h11,15-16,18,20,22-23,25,30,32H,8-10,12-14H2,1-7H3/b17-11+/t16-,18+,20+,22-,23-,25-,28+/m0/s1. The molecular weight excluding hydrogens is 462 g/mol. The molecule has 3 rings (SSSR count). The van der Waals surface area contributed by atoms with Gasteiger partial charge in [0.25, 0.3) is 0 Å². The number of fused-ring (bicyclic) bond motifs is 1. The number of nitrogens with zero attached hydrogens (tertiary/aromatic N) is 1. The molecule has 1 saturated carbocycles. The molecule has 2 fully saturated rings. The molecule has 6 nitrogen and oxygen atoms in total. The third kappa shape index (κ3) is 6.60. The number of aryl methyl sites for hydroxylation is 1. The molecule has 1 saturated heterocycles. The molecule has 35 heavy (non-hydrogen) atoms. The molecule has 1 aliphatic carbocycles. The van der Waals surface area contributed by atoms with E-state index in [-0.39, 0.29) is 23.5 Å². The molecule has 7 atom stereocenters. The Labute approximate surface area is 214 Å². The van der Waals surface area contributed by atoms with Crippen molar-refractivity contribution >= 4 is 29.2 Å². The Kier molecular flexibility index (Phi) is 8.65. The van der Waals surface area contributed by atoms with E-state index < -0.39 is 35.6 Å². The lowest BCUT2D eigenvalue weighted by atomic mass is 9.73. The molecule has 0 aromatic carbocycles. The van der Waals surface area contributed by atoms with Crippen molar-refractivity contribution in [1.82, 2.24) is 4.98 Å². The monoisotopic (exact) mass is 505 g/mol. The number of rotatable bonds is 2. The van der Waals surface area contributed by atoms with Gasteiger partial charge in [-0.05, 0) is 68.4 Å². The van der Waals surface area contributed by atoms with E-state index in [4.69, 9.17) is 4.74 Å². The average molecular weight is 506 g/mol. The first-order chi connectivity index (χ1) is 16.2. The minimum absolute atomic E-state index is 0.0138. The van der Waals surface area contributed by atoms with Crippen LogP contribution < -0.4 is 0 Å². The molecule has 196 valence electrons. The van der Waals surface area contributed by atoms with E-state index in [1.165, 1.54) is 0 Å². The Morgan fingerprint density at radius 3 is 2.54 bits per heavy atom. The van der Waals surface area contributed by atoms with E-state index in [1.807, 2.05) is 32.2 Å². The van der Waals surface area contributed by atoms with Gasteiger partial charge >= 0.3 is 5.97 Å². The Morgan fingerprint density at radius 2 is 1.91 bits per heavy atom. The van der Waals surface area contributed by atoms with Crippen LogP contribution in [0.5, 0.6) is 0 Å². The second kappa shape index (κ2) is 10.8. The van der Waals surface area contributed by atoms with Crippen LogP contribution in [-0.2, 0) is 14.3 Å². The van der Waals surface area contributed by atoms with Crippen LogP contribution in [0, 0.1) is 35.5 Å². The summed E-state index contributed by atoms with van der Waals surface area (Å²) in [5.41, 5.74) is 0.825. The predicted octanol–water partition coefficient (Wildman–Crippen LogP) is 5.35. The Bertz CT molecular complexity index is 953. The summed E-state index contributed by atoms with van der Waals surface area (Å²) in [4.78, 5) is 30.7. The summed E-state index contributed by atoms with van der Waals surface area (Å²) in [5.74, 6) is -0.926. The van der Waals surface area contributed by atoms with Gasteiger partial charge in [0, 0.05) is 11.3 Å². The van der Waals surface area contributed by atoms with E-state index in [0.717, 1.165) is 48.4 Å². The highest BCUT2D eigenvalue weighted by molar-refractivity contribution is 7.09. The summed E-state index contributed by atoms with van der Waals surface area (Å²) >= 11 is 1.58. The number of hydrogen-bond donors (Lipinski definition) is 2. The topological polar surface area (TPSA) is 96.7 Å². The number of aliphatic hydroxyl groups excluding tert-OH is 2. The van der Waals surface area contributed by atoms with Crippen molar-refractivity contribution in [3.63, 3.8) is 0 Å². The van der Waals surface area contributed by atoms with Gasteiger partial charge in [0.1, 0.15) is 11.9 Å². The van der Waals surface area contributed by atoms with Crippen LogP contribution in [0.15, 0.2) is 11.0 Å². The number of carbonyl (C=O) groups is 2. The van der Waals surface area contributed by atoms with Gasteiger partial charge in [0.15, 0.2) is 0 Å². The van der Waals surface area contributed by atoms with Gasteiger partial charge in [0.05, 0.1) is 34.7 Å². The van der Waals surface area contributed by atoms with Gasteiger partial charge in [-0.1, -0.05) is 41.0 Å². The predicted molar refractivity (Wildman–Crippen MR) is 139 cm³/mol. The summed E-state index contributed by atoms with van der Waals surface area (Å²) in [6.45, 7) is 13.2. The highest BCUT2D eigenvalue weighted by Crippen LogP contribution is 2.58. The first-order valence-corrected chi connectivity index (χ1v) is 13.8. The Hall–Kier alpha value is -1.57. The first-order valence-electron chi connectivity index (χ1n) is 12.9. The molecule has 0 unspecified atom stereocenters. The zero-order valence-electron chi connectivity index (χ0n) is 22.3. The molecule has 2 aliphatic rings. The van der Waals surface area contributed by atoms with Gasteiger partial charge in [-0.25, -0.2) is 4.98 Å². The van der Waals surface area contributed by atoms with Crippen LogP contribution in [0.4, 0.5) is 0 Å².